The van der Waals surface area contributed by atoms with Gasteiger partial charge in [-0.1, -0.05) is 23.2 Å². The lowest BCUT2D eigenvalue weighted by Gasteiger charge is -2.06. The zero-order chi connectivity index (χ0) is 16.8. The highest BCUT2D eigenvalue weighted by Crippen LogP contribution is 2.30. The molecule has 120 valence electrons. The first-order valence-corrected chi connectivity index (χ1v) is 8.52. The van der Waals surface area contributed by atoms with Gasteiger partial charge in [0.25, 0.3) is 0 Å². The average molecular weight is 373 g/mol. The lowest BCUT2D eigenvalue weighted by Crippen LogP contribution is -2.11. The Labute approximate surface area is 141 Å². The molecule has 0 atom stereocenters. The number of aromatic nitrogens is 3. The average Bonchev–Trinajstić information content (AvgIpc) is 2.85. The summed E-state index contributed by atoms with van der Waals surface area (Å²) in [5.41, 5.74) is 0.489. The van der Waals surface area contributed by atoms with Gasteiger partial charge in [0.2, 0.25) is 16.0 Å². The van der Waals surface area contributed by atoms with E-state index in [1.165, 1.54) is 24.1 Å². The third kappa shape index (κ3) is 2.86. The number of ether oxygens (including phenoxy) is 1. The van der Waals surface area contributed by atoms with Gasteiger partial charge in [0, 0.05) is 16.6 Å². The van der Waals surface area contributed by atoms with Crippen LogP contribution in [0.5, 0.6) is 5.75 Å². The molecule has 1 aromatic carbocycles. The van der Waals surface area contributed by atoms with E-state index in [2.05, 4.69) is 9.97 Å². The molecule has 2 aromatic heterocycles. The highest BCUT2D eigenvalue weighted by Gasteiger charge is 2.20. The number of sulfonamides is 1. The van der Waals surface area contributed by atoms with Crippen molar-refractivity contribution < 1.29 is 13.2 Å². The maximum Gasteiger partial charge on any atom is 0.240 e. The van der Waals surface area contributed by atoms with Gasteiger partial charge in [-0.3, -0.25) is 4.57 Å². The smallest absolute Gasteiger partial charge is 0.240 e. The molecule has 0 bridgehead atoms. The third-order valence-corrected chi connectivity index (χ3v) is 4.62. The summed E-state index contributed by atoms with van der Waals surface area (Å²) in [5.74, 6) is 0.467. The summed E-state index contributed by atoms with van der Waals surface area (Å²) in [5, 5.41) is 6.20. The van der Waals surface area contributed by atoms with Crippen molar-refractivity contribution in [2.24, 2.45) is 5.14 Å². The lowest BCUT2D eigenvalue weighted by molar-refractivity contribution is 0.410. The van der Waals surface area contributed by atoms with Gasteiger partial charge in [0.15, 0.2) is 10.9 Å². The summed E-state index contributed by atoms with van der Waals surface area (Å²) in [6.07, 6.45) is 2.71. The third-order valence-electron chi connectivity index (χ3n) is 3.17. The van der Waals surface area contributed by atoms with E-state index in [9.17, 15) is 8.42 Å². The normalized spacial score (nSPS) is 11.8. The summed E-state index contributed by atoms with van der Waals surface area (Å²) in [6, 6.07) is 4.73. The van der Waals surface area contributed by atoms with E-state index in [4.69, 9.17) is 33.1 Å². The molecule has 0 aliphatic carbocycles. The topological polar surface area (TPSA) is 100 Å². The van der Waals surface area contributed by atoms with E-state index in [1.54, 1.807) is 18.2 Å². The number of halogens is 2. The van der Waals surface area contributed by atoms with Crippen molar-refractivity contribution in [3.8, 4) is 11.7 Å². The summed E-state index contributed by atoms with van der Waals surface area (Å²) >= 11 is 12.0. The monoisotopic (exact) mass is 372 g/mol. The van der Waals surface area contributed by atoms with Crippen molar-refractivity contribution in [3.63, 3.8) is 0 Å². The number of primary sulfonamides is 1. The van der Waals surface area contributed by atoms with Crippen LogP contribution < -0.4 is 9.88 Å². The molecule has 0 fully saturated rings. The Kier molecular flexibility index (Phi) is 3.93. The molecule has 0 spiro atoms. The minimum absolute atomic E-state index is 0.0558. The van der Waals surface area contributed by atoms with Crippen molar-refractivity contribution in [2.45, 2.75) is 4.90 Å². The van der Waals surface area contributed by atoms with Crippen molar-refractivity contribution in [1.82, 2.24) is 14.5 Å². The van der Waals surface area contributed by atoms with Crippen molar-refractivity contribution in [1.29, 1.82) is 0 Å². The van der Waals surface area contributed by atoms with Crippen molar-refractivity contribution in [2.75, 3.05) is 7.11 Å². The van der Waals surface area contributed by atoms with Gasteiger partial charge in [0.05, 0.1) is 18.8 Å². The van der Waals surface area contributed by atoms with Gasteiger partial charge in [-0.2, -0.15) is 4.98 Å². The Morgan fingerprint density at radius 1 is 1.30 bits per heavy atom. The molecule has 0 aliphatic rings. The summed E-state index contributed by atoms with van der Waals surface area (Å²) in [6.45, 7) is 0. The molecule has 3 aromatic rings. The van der Waals surface area contributed by atoms with E-state index in [0.717, 1.165) is 0 Å². The second kappa shape index (κ2) is 5.64. The maximum absolute atomic E-state index is 11.8. The fourth-order valence-electron chi connectivity index (χ4n) is 2.16. The molecule has 2 heterocycles. The molecule has 7 nitrogen and oxygen atoms in total. The van der Waals surface area contributed by atoms with Crippen molar-refractivity contribution in [3.05, 3.63) is 40.8 Å². The van der Waals surface area contributed by atoms with Gasteiger partial charge < -0.3 is 4.74 Å². The van der Waals surface area contributed by atoms with Crippen LogP contribution in [0.2, 0.25) is 10.2 Å². The molecule has 0 radical (unpaired) electrons. The zero-order valence-electron chi connectivity index (χ0n) is 11.7. The van der Waals surface area contributed by atoms with Crippen molar-refractivity contribution >= 4 is 44.1 Å². The lowest BCUT2D eigenvalue weighted by atomic mass is 10.2. The first kappa shape index (κ1) is 16.0. The Bertz CT molecular complexity index is 1020. The van der Waals surface area contributed by atoms with Crippen LogP contribution in [0, 0.1) is 0 Å². The number of nitrogens with zero attached hydrogens (tertiary/aromatic N) is 3. The summed E-state index contributed by atoms with van der Waals surface area (Å²) in [7, 11) is -2.49. The van der Waals surface area contributed by atoms with Gasteiger partial charge >= 0.3 is 0 Å². The van der Waals surface area contributed by atoms with Crippen LogP contribution in [0.25, 0.3) is 16.9 Å². The molecule has 10 heteroatoms. The van der Waals surface area contributed by atoms with Gasteiger partial charge in [-0.15, -0.1) is 0 Å². The Morgan fingerprint density at radius 2 is 2.04 bits per heavy atom. The fraction of sp³-hybridized carbons (Fsp3) is 0.0769. The number of fused-ring (bicyclic) bond motifs is 1. The van der Waals surface area contributed by atoms with Gasteiger partial charge in [0.1, 0.15) is 4.90 Å². The Morgan fingerprint density at radius 3 is 2.65 bits per heavy atom. The minimum atomic E-state index is -3.93. The number of hydrogen-bond acceptors (Lipinski definition) is 5. The standard InChI is InChI=1S/C13H10Cl2N4O3S/c1-22-10-5-17-13(18-12(10)15)19-6-11(23(16,20)21)8-3-2-7(14)4-9(8)19/h2-6H,1H3,(H2,16,20,21). The second-order valence-corrected chi connectivity index (χ2v) is 6.92. The van der Waals surface area contributed by atoms with Crippen LogP contribution in [0.1, 0.15) is 0 Å². The highest BCUT2D eigenvalue weighted by atomic mass is 35.5. The number of benzene rings is 1. The Hall–Kier alpha value is -1.87. The predicted molar refractivity (Wildman–Crippen MR) is 86.8 cm³/mol. The molecule has 23 heavy (non-hydrogen) atoms. The fourth-order valence-corrected chi connectivity index (χ4v) is 3.25. The molecule has 0 saturated carbocycles. The van der Waals surface area contributed by atoms with Gasteiger partial charge in [-0.25, -0.2) is 18.5 Å². The molecule has 0 amide bonds. The molecular weight excluding hydrogens is 363 g/mol. The minimum Gasteiger partial charge on any atom is -0.492 e. The zero-order valence-corrected chi connectivity index (χ0v) is 14.0. The largest absolute Gasteiger partial charge is 0.492 e. The molecule has 0 saturated heterocycles. The second-order valence-electron chi connectivity index (χ2n) is 4.60. The number of methoxy groups -OCH3 is 1. The first-order chi connectivity index (χ1) is 10.8. The highest BCUT2D eigenvalue weighted by molar-refractivity contribution is 7.89. The van der Waals surface area contributed by atoms with Crippen LogP contribution in [0.15, 0.2) is 35.5 Å². The van der Waals surface area contributed by atoms with Crippen LogP contribution in [0.4, 0.5) is 0 Å². The van der Waals surface area contributed by atoms with Crippen LogP contribution >= 0.6 is 23.2 Å². The van der Waals surface area contributed by atoms with Crippen LogP contribution in [-0.2, 0) is 10.0 Å². The molecule has 3 rings (SSSR count). The predicted octanol–water partition coefficient (Wildman–Crippen LogP) is 2.38. The first-order valence-electron chi connectivity index (χ1n) is 6.21. The summed E-state index contributed by atoms with van der Waals surface area (Å²) < 4.78 is 30.0. The van der Waals surface area contributed by atoms with E-state index in [-0.39, 0.29) is 16.0 Å². The van der Waals surface area contributed by atoms with E-state index >= 15 is 0 Å². The summed E-state index contributed by atoms with van der Waals surface area (Å²) in [4.78, 5) is 8.17. The molecule has 0 unspecified atom stereocenters. The Balaban J connectivity index is 2.33. The number of rotatable bonds is 3. The molecule has 2 N–H and O–H groups in total. The van der Waals surface area contributed by atoms with E-state index in [1.807, 2.05) is 0 Å². The SMILES string of the molecule is COc1cnc(-n2cc(S(N)(=O)=O)c3ccc(Cl)cc32)nc1Cl. The molecular formula is C13H10Cl2N4O3S. The quantitative estimate of drug-likeness (QED) is 0.711. The van der Waals surface area contributed by atoms with E-state index in [0.29, 0.717) is 21.7 Å². The van der Waals surface area contributed by atoms with Crippen LogP contribution in [-0.4, -0.2) is 30.1 Å². The number of hydrogen-bond donors (Lipinski definition) is 1. The number of nitrogens with two attached hydrogens (primary N) is 1. The maximum atomic E-state index is 11.8. The van der Waals surface area contributed by atoms with Crippen LogP contribution in [0.3, 0.4) is 0 Å². The van der Waals surface area contributed by atoms with Gasteiger partial charge in [-0.05, 0) is 18.2 Å². The molecule has 0 aliphatic heterocycles. The van der Waals surface area contributed by atoms with E-state index < -0.39 is 10.0 Å².